The average Bonchev–Trinajstić information content (AvgIpc) is 2.71. The van der Waals surface area contributed by atoms with E-state index in [1.54, 1.807) is 11.3 Å². The van der Waals surface area contributed by atoms with Crippen molar-refractivity contribution in [3.63, 3.8) is 0 Å². The van der Waals surface area contributed by atoms with E-state index in [0.29, 0.717) is 17.6 Å². The zero-order valence-electron chi connectivity index (χ0n) is 12.0. The molecule has 1 heterocycles. The smallest absolute Gasteiger partial charge is 0.144 e. The first-order chi connectivity index (χ1) is 9.46. The van der Waals surface area contributed by atoms with Gasteiger partial charge in [-0.15, -0.1) is 11.3 Å². The molecule has 0 amide bonds. The van der Waals surface area contributed by atoms with Crippen LogP contribution in [0.3, 0.4) is 0 Å². The Hall–Kier alpha value is -0.340. The molecule has 4 bridgehead atoms. The van der Waals surface area contributed by atoms with E-state index in [-0.39, 0.29) is 5.41 Å². The second-order valence-corrected chi connectivity index (χ2v) is 9.66. The molecule has 1 aromatic rings. The Kier molecular flexibility index (Phi) is 2.89. The lowest BCUT2D eigenvalue weighted by Gasteiger charge is -2.60. The van der Waals surface area contributed by atoms with Crippen molar-refractivity contribution in [1.29, 1.82) is 0 Å². The minimum absolute atomic E-state index is 0.00923. The Bertz CT molecular complexity index is 547. The number of thiophene rings is 1. The lowest BCUT2D eigenvalue weighted by atomic mass is 9.43. The molecule has 20 heavy (non-hydrogen) atoms. The fourth-order valence-electron chi connectivity index (χ4n) is 5.84. The van der Waals surface area contributed by atoms with E-state index in [0.717, 1.165) is 40.3 Å². The van der Waals surface area contributed by atoms with E-state index in [9.17, 15) is 4.79 Å². The Balaban J connectivity index is 1.59. The molecular weight excluding hydrogens is 288 g/mol. The summed E-state index contributed by atoms with van der Waals surface area (Å²) >= 11 is 7.56. The summed E-state index contributed by atoms with van der Waals surface area (Å²) in [5.74, 6) is 2.13. The first-order valence-electron chi connectivity index (χ1n) is 7.74. The quantitative estimate of drug-likeness (QED) is 0.757. The van der Waals surface area contributed by atoms with Crippen LogP contribution in [0.25, 0.3) is 0 Å². The largest absolute Gasteiger partial charge is 0.299 e. The van der Waals surface area contributed by atoms with Gasteiger partial charge in [0.15, 0.2) is 0 Å². The molecule has 5 rings (SSSR count). The Morgan fingerprint density at radius 1 is 1.30 bits per heavy atom. The van der Waals surface area contributed by atoms with Gasteiger partial charge in [0.25, 0.3) is 0 Å². The van der Waals surface area contributed by atoms with Crippen molar-refractivity contribution < 1.29 is 4.79 Å². The van der Waals surface area contributed by atoms with Crippen LogP contribution in [0.5, 0.6) is 0 Å². The third-order valence-electron chi connectivity index (χ3n) is 5.91. The number of hydrogen-bond donors (Lipinski definition) is 0. The van der Waals surface area contributed by atoms with E-state index in [1.807, 2.05) is 12.1 Å². The summed E-state index contributed by atoms with van der Waals surface area (Å²) in [6, 6.07) is 3.93. The average molecular weight is 309 g/mol. The highest BCUT2D eigenvalue weighted by atomic mass is 35.5. The van der Waals surface area contributed by atoms with Crippen LogP contribution in [-0.4, -0.2) is 5.78 Å². The topological polar surface area (TPSA) is 17.1 Å². The van der Waals surface area contributed by atoms with Crippen LogP contribution in [0.2, 0.25) is 4.34 Å². The monoisotopic (exact) mass is 308 g/mol. The second kappa shape index (κ2) is 4.33. The maximum atomic E-state index is 13.0. The molecule has 3 heteroatoms. The molecular formula is C17H21ClOS. The van der Waals surface area contributed by atoms with Crippen LogP contribution in [-0.2, 0) is 11.2 Å². The van der Waals surface area contributed by atoms with Crippen LogP contribution in [0.4, 0.5) is 0 Å². The standard InChI is InChI=1S/C17H21ClOS/c1-16-6-11-4-12(7-16)9-17(8-11,10-16)14(19)5-13-2-3-15(18)20-13/h2-3,11-12H,4-10H2,1H3. The van der Waals surface area contributed by atoms with Crippen molar-refractivity contribution in [1.82, 2.24) is 0 Å². The van der Waals surface area contributed by atoms with Gasteiger partial charge in [0, 0.05) is 16.7 Å². The van der Waals surface area contributed by atoms with Gasteiger partial charge in [-0.1, -0.05) is 18.5 Å². The molecule has 4 saturated carbocycles. The predicted molar refractivity (Wildman–Crippen MR) is 83.3 cm³/mol. The minimum atomic E-state index is 0.00923. The summed E-state index contributed by atoms with van der Waals surface area (Å²) in [6.45, 7) is 2.43. The van der Waals surface area contributed by atoms with Crippen molar-refractivity contribution in [3.05, 3.63) is 21.3 Å². The number of Topliss-reactive ketones (excluding diaryl/α,β-unsaturated/α-hetero) is 1. The first-order valence-corrected chi connectivity index (χ1v) is 8.93. The maximum absolute atomic E-state index is 13.0. The van der Waals surface area contributed by atoms with Crippen molar-refractivity contribution in [2.45, 2.75) is 51.9 Å². The zero-order valence-corrected chi connectivity index (χ0v) is 13.5. The molecule has 0 radical (unpaired) electrons. The Labute approximate surface area is 129 Å². The van der Waals surface area contributed by atoms with E-state index < -0.39 is 0 Å². The van der Waals surface area contributed by atoms with Gasteiger partial charge in [0.05, 0.1) is 4.34 Å². The number of rotatable bonds is 3. The van der Waals surface area contributed by atoms with Crippen molar-refractivity contribution in [2.75, 3.05) is 0 Å². The van der Waals surface area contributed by atoms with Gasteiger partial charge in [-0.25, -0.2) is 0 Å². The van der Waals surface area contributed by atoms with Gasteiger partial charge in [-0.3, -0.25) is 4.79 Å². The molecule has 0 saturated heterocycles. The molecule has 0 N–H and O–H groups in total. The lowest BCUT2D eigenvalue weighted by Crippen LogP contribution is -2.54. The van der Waals surface area contributed by atoms with Gasteiger partial charge in [-0.2, -0.15) is 0 Å². The summed E-state index contributed by atoms with van der Waals surface area (Å²) in [5.41, 5.74) is 0.460. The third kappa shape index (κ3) is 2.07. The van der Waals surface area contributed by atoms with E-state index in [1.165, 1.54) is 19.3 Å². The van der Waals surface area contributed by atoms with Crippen LogP contribution >= 0.6 is 22.9 Å². The van der Waals surface area contributed by atoms with Crippen LogP contribution in [0.1, 0.15) is 50.3 Å². The fraction of sp³-hybridized carbons (Fsp3) is 0.706. The van der Waals surface area contributed by atoms with E-state index in [4.69, 9.17) is 11.6 Å². The molecule has 4 aliphatic carbocycles. The SMILES string of the molecule is CC12CC3CC(C1)CC(C(=O)Cc1ccc(Cl)s1)(C3)C2. The molecule has 4 fully saturated rings. The van der Waals surface area contributed by atoms with E-state index >= 15 is 0 Å². The summed E-state index contributed by atoms with van der Waals surface area (Å²) in [6.07, 6.45) is 8.19. The van der Waals surface area contributed by atoms with Crippen LogP contribution in [0.15, 0.2) is 12.1 Å². The summed E-state index contributed by atoms with van der Waals surface area (Å²) in [5, 5.41) is 0. The van der Waals surface area contributed by atoms with Gasteiger partial charge in [-0.05, 0) is 67.9 Å². The van der Waals surface area contributed by atoms with Crippen LogP contribution < -0.4 is 0 Å². The van der Waals surface area contributed by atoms with Crippen molar-refractivity contribution >= 4 is 28.7 Å². The predicted octanol–water partition coefficient (Wildman–Crippen LogP) is 5.12. The highest BCUT2D eigenvalue weighted by Gasteiger charge is 2.58. The molecule has 0 aliphatic heterocycles. The van der Waals surface area contributed by atoms with Gasteiger partial charge in [0.1, 0.15) is 5.78 Å². The summed E-state index contributed by atoms with van der Waals surface area (Å²) in [4.78, 5) is 14.1. The number of ketones is 1. The lowest BCUT2D eigenvalue weighted by molar-refractivity contribution is -0.152. The summed E-state index contributed by atoms with van der Waals surface area (Å²) in [7, 11) is 0. The number of hydrogen-bond acceptors (Lipinski definition) is 2. The normalized spacial score (nSPS) is 42.1. The Morgan fingerprint density at radius 2 is 2.00 bits per heavy atom. The Morgan fingerprint density at radius 3 is 2.55 bits per heavy atom. The number of halogens is 1. The molecule has 2 unspecified atom stereocenters. The number of carbonyl (C=O) groups excluding carboxylic acids is 1. The molecule has 1 nitrogen and oxygen atoms in total. The van der Waals surface area contributed by atoms with Gasteiger partial charge in [0.2, 0.25) is 0 Å². The fourth-order valence-corrected chi connectivity index (χ4v) is 6.93. The maximum Gasteiger partial charge on any atom is 0.144 e. The van der Waals surface area contributed by atoms with Crippen LogP contribution in [0, 0.1) is 22.7 Å². The molecule has 4 aliphatic rings. The van der Waals surface area contributed by atoms with Crippen molar-refractivity contribution in [2.24, 2.45) is 22.7 Å². The van der Waals surface area contributed by atoms with Gasteiger partial charge < -0.3 is 0 Å². The summed E-state index contributed by atoms with van der Waals surface area (Å²) < 4.78 is 0.797. The second-order valence-electron chi connectivity index (χ2n) is 7.86. The molecule has 0 spiro atoms. The highest BCUT2D eigenvalue weighted by molar-refractivity contribution is 7.16. The number of carbonyl (C=O) groups is 1. The molecule has 0 aromatic carbocycles. The molecule has 2 atom stereocenters. The minimum Gasteiger partial charge on any atom is -0.299 e. The van der Waals surface area contributed by atoms with Gasteiger partial charge >= 0.3 is 0 Å². The third-order valence-corrected chi connectivity index (χ3v) is 7.14. The first kappa shape index (κ1) is 13.3. The molecule has 1 aromatic heterocycles. The van der Waals surface area contributed by atoms with E-state index in [2.05, 4.69) is 6.92 Å². The van der Waals surface area contributed by atoms with Crippen molar-refractivity contribution in [3.8, 4) is 0 Å². The zero-order chi connectivity index (χ0) is 14.0. The molecule has 108 valence electrons. The highest BCUT2D eigenvalue weighted by Crippen LogP contribution is 2.65.